The van der Waals surface area contributed by atoms with Crippen LogP contribution in [0, 0.1) is 0 Å². The van der Waals surface area contributed by atoms with E-state index in [9.17, 15) is 9.90 Å². The Hall–Kier alpha value is -1.62. The van der Waals surface area contributed by atoms with Crippen LogP contribution in [0.5, 0.6) is 0 Å². The topological polar surface area (TPSA) is 65.5 Å². The molecule has 0 aliphatic carbocycles. The molecule has 1 aliphatic heterocycles. The van der Waals surface area contributed by atoms with Crippen LogP contribution in [0.3, 0.4) is 0 Å². The Morgan fingerprint density at radius 3 is 2.94 bits per heavy atom. The molecule has 0 spiro atoms. The van der Waals surface area contributed by atoms with Gasteiger partial charge in [-0.25, -0.2) is 0 Å². The SMILES string of the molecule is C[C@H](O)c1ccc(N2CCNC(=O)CC2)cn1. The number of aromatic nitrogens is 1. The maximum Gasteiger partial charge on any atom is 0.221 e. The first kappa shape index (κ1) is 11.9. The average molecular weight is 235 g/mol. The number of hydrogen-bond donors (Lipinski definition) is 2. The fraction of sp³-hybridized carbons (Fsp3) is 0.500. The summed E-state index contributed by atoms with van der Waals surface area (Å²) in [6.07, 6.45) is 1.71. The van der Waals surface area contributed by atoms with Crippen molar-refractivity contribution in [1.82, 2.24) is 10.3 Å². The van der Waals surface area contributed by atoms with Crippen LogP contribution in [0.2, 0.25) is 0 Å². The largest absolute Gasteiger partial charge is 0.387 e. The summed E-state index contributed by atoms with van der Waals surface area (Å²) >= 11 is 0. The Balaban J connectivity index is 2.08. The fourth-order valence-corrected chi connectivity index (χ4v) is 1.86. The Labute approximate surface area is 100 Å². The van der Waals surface area contributed by atoms with Gasteiger partial charge in [0.1, 0.15) is 0 Å². The monoisotopic (exact) mass is 235 g/mol. The summed E-state index contributed by atoms with van der Waals surface area (Å²) in [4.78, 5) is 17.5. The summed E-state index contributed by atoms with van der Waals surface area (Å²) in [5.41, 5.74) is 1.66. The molecule has 0 radical (unpaired) electrons. The highest BCUT2D eigenvalue weighted by atomic mass is 16.3. The van der Waals surface area contributed by atoms with Gasteiger partial charge in [-0.1, -0.05) is 0 Å². The van der Waals surface area contributed by atoms with Gasteiger partial charge in [0.25, 0.3) is 0 Å². The van der Waals surface area contributed by atoms with Gasteiger partial charge in [0.05, 0.1) is 23.7 Å². The smallest absolute Gasteiger partial charge is 0.221 e. The molecule has 1 aromatic rings. The predicted octanol–water partition coefficient (Wildman–Crippen LogP) is 0.461. The first-order chi connectivity index (χ1) is 8.16. The summed E-state index contributed by atoms with van der Waals surface area (Å²) in [5.74, 6) is 0.0982. The van der Waals surface area contributed by atoms with Gasteiger partial charge in [-0.2, -0.15) is 0 Å². The van der Waals surface area contributed by atoms with Crippen LogP contribution in [-0.4, -0.2) is 35.6 Å². The van der Waals surface area contributed by atoms with Crippen LogP contribution in [0.15, 0.2) is 18.3 Å². The van der Waals surface area contributed by atoms with E-state index in [-0.39, 0.29) is 5.91 Å². The molecule has 1 aromatic heterocycles. The number of hydrogen-bond acceptors (Lipinski definition) is 4. The molecule has 0 saturated carbocycles. The highest BCUT2D eigenvalue weighted by molar-refractivity contribution is 5.77. The van der Waals surface area contributed by atoms with Crippen LogP contribution >= 0.6 is 0 Å². The number of aliphatic hydroxyl groups excluding tert-OH is 1. The van der Waals surface area contributed by atoms with E-state index in [2.05, 4.69) is 15.2 Å². The van der Waals surface area contributed by atoms with E-state index >= 15 is 0 Å². The minimum atomic E-state index is -0.545. The van der Waals surface area contributed by atoms with Crippen molar-refractivity contribution in [2.45, 2.75) is 19.4 Å². The van der Waals surface area contributed by atoms with Crippen LogP contribution in [0.25, 0.3) is 0 Å². The van der Waals surface area contributed by atoms with Crippen molar-refractivity contribution in [2.24, 2.45) is 0 Å². The summed E-state index contributed by atoms with van der Waals surface area (Å²) in [7, 11) is 0. The zero-order valence-corrected chi connectivity index (χ0v) is 9.89. The van der Waals surface area contributed by atoms with Crippen LogP contribution in [0.1, 0.15) is 25.1 Å². The number of rotatable bonds is 2. The van der Waals surface area contributed by atoms with Crippen molar-refractivity contribution in [2.75, 3.05) is 24.5 Å². The van der Waals surface area contributed by atoms with Crippen LogP contribution in [-0.2, 0) is 4.79 Å². The molecule has 5 heteroatoms. The van der Waals surface area contributed by atoms with Crippen molar-refractivity contribution in [3.8, 4) is 0 Å². The number of carbonyl (C=O) groups is 1. The lowest BCUT2D eigenvalue weighted by Crippen LogP contribution is -2.28. The Bertz CT molecular complexity index is 389. The van der Waals surface area contributed by atoms with E-state index in [1.807, 2.05) is 12.1 Å². The second-order valence-electron chi connectivity index (χ2n) is 4.20. The predicted molar refractivity (Wildman–Crippen MR) is 64.7 cm³/mol. The number of aliphatic hydroxyl groups is 1. The van der Waals surface area contributed by atoms with Gasteiger partial charge < -0.3 is 15.3 Å². The Morgan fingerprint density at radius 2 is 2.29 bits per heavy atom. The van der Waals surface area contributed by atoms with Gasteiger partial charge in [0.2, 0.25) is 5.91 Å². The molecule has 5 nitrogen and oxygen atoms in total. The lowest BCUT2D eigenvalue weighted by atomic mass is 10.2. The first-order valence-electron chi connectivity index (χ1n) is 5.82. The minimum Gasteiger partial charge on any atom is -0.387 e. The zero-order chi connectivity index (χ0) is 12.3. The summed E-state index contributed by atoms with van der Waals surface area (Å²) in [6.45, 7) is 3.86. The summed E-state index contributed by atoms with van der Waals surface area (Å²) < 4.78 is 0. The van der Waals surface area contributed by atoms with Crippen molar-refractivity contribution in [3.63, 3.8) is 0 Å². The molecule has 1 fully saturated rings. The number of nitrogens with one attached hydrogen (secondary N) is 1. The number of amides is 1. The third kappa shape index (κ3) is 2.94. The Kier molecular flexibility index (Phi) is 3.58. The fourth-order valence-electron chi connectivity index (χ4n) is 1.86. The van der Waals surface area contributed by atoms with Crippen molar-refractivity contribution >= 4 is 11.6 Å². The van der Waals surface area contributed by atoms with Gasteiger partial charge >= 0.3 is 0 Å². The molecule has 17 heavy (non-hydrogen) atoms. The van der Waals surface area contributed by atoms with E-state index in [0.29, 0.717) is 25.2 Å². The van der Waals surface area contributed by atoms with Crippen molar-refractivity contribution < 1.29 is 9.90 Å². The van der Waals surface area contributed by atoms with Gasteiger partial charge in [0, 0.05) is 26.1 Å². The molecule has 0 unspecified atom stereocenters. The van der Waals surface area contributed by atoms with Gasteiger partial charge in [-0.3, -0.25) is 9.78 Å². The maximum absolute atomic E-state index is 11.2. The lowest BCUT2D eigenvalue weighted by molar-refractivity contribution is -0.120. The molecule has 1 saturated heterocycles. The summed E-state index contributed by atoms with van der Waals surface area (Å²) in [5, 5.41) is 12.2. The highest BCUT2D eigenvalue weighted by Gasteiger charge is 2.14. The average Bonchev–Trinajstić information content (AvgIpc) is 2.54. The molecular weight excluding hydrogens is 218 g/mol. The third-order valence-electron chi connectivity index (χ3n) is 2.88. The van der Waals surface area contributed by atoms with E-state index in [1.54, 1.807) is 13.1 Å². The molecule has 2 heterocycles. The van der Waals surface area contributed by atoms with Crippen LogP contribution < -0.4 is 10.2 Å². The molecule has 1 atom stereocenters. The second kappa shape index (κ2) is 5.14. The molecule has 0 bridgehead atoms. The summed E-state index contributed by atoms with van der Waals surface area (Å²) in [6, 6.07) is 3.75. The molecule has 1 aliphatic rings. The molecule has 2 N–H and O–H groups in total. The lowest BCUT2D eigenvalue weighted by Gasteiger charge is -2.21. The van der Waals surface area contributed by atoms with Crippen molar-refractivity contribution in [3.05, 3.63) is 24.0 Å². The van der Waals surface area contributed by atoms with E-state index < -0.39 is 6.10 Å². The quantitative estimate of drug-likeness (QED) is 0.781. The first-order valence-corrected chi connectivity index (χ1v) is 5.82. The third-order valence-corrected chi connectivity index (χ3v) is 2.88. The standard InChI is InChI=1S/C12H17N3O2/c1-9(16)11-3-2-10(8-14-11)15-6-4-12(17)13-5-7-15/h2-3,8-9,16H,4-7H2,1H3,(H,13,17)/t9-/m0/s1. The van der Waals surface area contributed by atoms with E-state index in [4.69, 9.17) is 0 Å². The Morgan fingerprint density at radius 1 is 1.47 bits per heavy atom. The molecule has 0 aromatic carbocycles. The van der Waals surface area contributed by atoms with Gasteiger partial charge in [-0.15, -0.1) is 0 Å². The van der Waals surface area contributed by atoms with E-state index in [0.717, 1.165) is 12.2 Å². The number of pyridine rings is 1. The zero-order valence-electron chi connectivity index (χ0n) is 9.89. The molecular formula is C12H17N3O2. The number of nitrogens with zero attached hydrogens (tertiary/aromatic N) is 2. The molecule has 1 amide bonds. The molecule has 92 valence electrons. The van der Waals surface area contributed by atoms with Gasteiger partial charge in [0.15, 0.2) is 0 Å². The van der Waals surface area contributed by atoms with Crippen LogP contribution in [0.4, 0.5) is 5.69 Å². The van der Waals surface area contributed by atoms with Gasteiger partial charge in [-0.05, 0) is 19.1 Å². The second-order valence-corrected chi connectivity index (χ2v) is 4.20. The molecule has 2 rings (SSSR count). The number of carbonyl (C=O) groups excluding carboxylic acids is 1. The number of anilines is 1. The normalized spacial score (nSPS) is 18.5. The van der Waals surface area contributed by atoms with E-state index in [1.165, 1.54) is 0 Å². The maximum atomic E-state index is 11.2. The highest BCUT2D eigenvalue weighted by Crippen LogP contribution is 2.17. The van der Waals surface area contributed by atoms with Crippen molar-refractivity contribution in [1.29, 1.82) is 0 Å². The minimum absolute atomic E-state index is 0.0982.